The van der Waals surface area contributed by atoms with Crippen molar-refractivity contribution in [1.82, 2.24) is 19.7 Å². The van der Waals surface area contributed by atoms with Crippen molar-refractivity contribution in [2.45, 2.75) is 65.6 Å². The highest BCUT2D eigenvalue weighted by Gasteiger charge is 2.28. The molecule has 1 aliphatic rings. The fourth-order valence-electron chi connectivity index (χ4n) is 2.21. The van der Waals surface area contributed by atoms with Crippen LogP contribution in [-0.4, -0.2) is 37.9 Å². The van der Waals surface area contributed by atoms with E-state index in [-0.39, 0.29) is 6.09 Å². The second-order valence-electron chi connectivity index (χ2n) is 6.34. The first-order valence-electron chi connectivity index (χ1n) is 7.21. The van der Waals surface area contributed by atoms with Crippen LogP contribution in [0.2, 0.25) is 0 Å². The zero-order valence-corrected chi connectivity index (χ0v) is 13.0. The molecule has 1 aromatic rings. The van der Waals surface area contributed by atoms with Crippen LogP contribution in [0.4, 0.5) is 4.79 Å². The summed E-state index contributed by atoms with van der Waals surface area (Å²) in [7, 11) is 0. The Kier molecular flexibility index (Phi) is 4.01. The maximum atomic E-state index is 12.1. The first kappa shape index (κ1) is 14.8. The van der Waals surface area contributed by atoms with Gasteiger partial charge in [-0.3, -0.25) is 4.90 Å². The molecule has 1 atom stereocenters. The number of aromatic nitrogens is 3. The molecule has 20 heavy (non-hydrogen) atoms. The van der Waals surface area contributed by atoms with Gasteiger partial charge in [-0.25, -0.2) is 4.79 Å². The average Bonchev–Trinajstić information content (AvgIpc) is 2.78. The summed E-state index contributed by atoms with van der Waals surface area (Å²) in [4.78, 5) is 13.8. The third-order valence-corrected chi connectivity index (χ3v) is 3.49. The summed E-state index contributed by atoms with van der Waals surface area (Å²) in [5.74, 6) is 2.26. The monoisotopic (exact) mass is 280 g/mol. The highest BCUT2D eigenvalue weighted by molar-refractivity contribution is 5.68. The fourth-order valence-corrected chi connectivity index (χ4v) is 2.21. The summed E-state index contributed by atoms with van der Waals surface area (Å²) in [6, 6.07) is 0. The summed E-state index contributed by atoms with van der Waals surface area (Å²) in [6.45, 7) is 11.8. The van der Waals surface area contributed by atoms with Crippen LogP contribution >= 0.6 is 0 Å². The Bertz CT molecular complexity index is 490. The van der Waals surface area contributed by atoms with Gasteiger partial charge in [-0.15, -0.1) is 10.2 Å². The van der Waals surface area contributed by atoms with Crippen molar-refractivity contribution < 1.29 is 9.53 Å². The standard InChI is InChI=1S/C14H24N4O2/c1-6-10(2)12-16-15-11-9-17(7-8-18(11)12)13(19)20-14(3,4)5/h10H,6-9H2,1-5H3. The second-order valence-corrected chi connectivity index (χ2v) is 6.34. The SMILES string of the molecule is CCC(C)c1nnc2n1CCN(C(=O)OC(C)(C)C)C2. The van der Waals surface area contributed by atoms with Crippen molar-refractivity contribution in [2.24, 2.45) is 0 Å². The minimum atomic E-state index is -0.468. The number of amides is 1. The lowest BCUT2D eigenvalue weighted by atomic mass is 10.1. The van der Waals surface area contributed by atoms with Crippen molar-refractivity contribution in [3.8, 4) is 0 Å². The zero-order chi connectivity index (χ0) is 14.9. The molecule has 0 N–H and O–H groups in total. The van der Waals surface area contributed by atoms with Crippen molar-refractivity contribution in [3.05, 3.63) is 11.6 Å². The van der Waals surface area contributed by atoms with Crippen LogP contribution in [-0.2, 0) is 17.8 Å². The van der Waals surface area contributed by atoms with Gasteiger partial charge in [-0.05, 0) is 27.2 Å². The largest absolute Gasteiger partial charge is 0.444 e. The predicted octanol–water partition coefficient (Wildman–Crippen LogP) is 2.54. The molecule has 2 rings (SSSR count). The smallest absolute Gasteiger partial charge is 0.410 e. The van der Waals surface area contributed by atoms with E-state index in [1.54, 1.807) is 4.90 Å². The summed E-state index contributed by atoms with van der Waals surface area (Å²) < 4.78 is 7.53. The predicted molar refractivity (Wildman–Crippen MR) is 75.4 cm³/mol. The molecule has 1 aromatic heterocycles. The van der Waals surface area contributed by atoms with Crippen molar-refractivity contribution in [2.75, 3.05) is 6.54 Å². The molecule has 0 spiro atoms. The molecular weight excluding hydrogens is 256 g/mol. The highest BCUT2D eigenvalue weighted by atomic mass is 16.6. The second kappa shape index (κ2) is 5.42. The molecule has 0 aromatic carbocycles. The number of hydrogen-bond donors (Lipinski definition) is 0. The number of nitrogens with zero attached hydrogens (tertiary/aromatic N) is 4. The van der Waals surface area contributed by atoms with E-state index in [9.17, 15) is 4.79 Å². The van der Waals surface area contributed by atoms with Gasteiger partial charge in [-0.2, -0.15) is 0 Å². The van der Waals surface area contributed by atoms with Gasteiger partial charge in [0, 0.05) is 19.0 Å². The number of fused-ring (bicyclic) bond motifs is 1. The van der Waals surface area contributed by atoms with E-state index in [1.807, 2.05) is 20.8 Å². The summed E-state index contributed by atoms with van der Waals surface area (Å²) in [6.07, 6.45) is 0.755. The molecule has 6 heteroatoms. The Morgan fingerprint density at radius 3 is 2.65 bits per heavy atom. The molecule has 112 valence electrons. The Hall–Kier alpha value is -1.59. The first-order valence-corrected chi connectivity index (χ1v) is 7.21. The first-order chi connectivity index (χ1) is 9.31. The lowest BCUT2D eigenvalue weighted by molar-refractivity contribution is 0.0194. The Morgan fingerprint density at radius 1 is 1.35 bits per heavy atom. The molecular formula is C14H24N4O2. The van der Waals surface area contributed by atoms with E-state index in [2.05, 4.69) is 28.6 Å². The van der Waals surface area contributed by atoms with Gasteiger partial charge in [0.05, 0.1) is 6.54 Å². The summed E-state index contributed by atoms with van der Waals surface area (Å²) in [5, 5.41) is 8.49. The van der Waals surface area contributed by atoms with Gasteiger partial charge in [-0.1, -0.05) is 13.8 Å². The van der Waals surface area contributed by atoms with E-state index in [1.165, 1.54) is 0 Å². The number of hydrogen-bond acceptors (Lipinski definition) is 4. The lowest BCUT2D eigenvalue weighted by Gasteiger charge is -2.30. The van der Waals surface area contributed by atoms with Crippen molar-refractivity contribution in [3.63, 3.8) is 0 Å². The van der Waals surface area contributed by atoms with Crippen LogP contribution in [0, 0.1) is 0 Å². The van der Waals surface area contributed by atoms with Gasteiger partial charge in [0.15, 0.2) is 5.82 Å². The van der Waals surface area contributed by atoms with Crippen LogP contribution in [0.3, 0.4) is 0 Å². The molecule has 0 fully saturated rings. The third-order valence-electron chi connectivity index (χ3n) is 3.49. The topological polar surface area (TPSA) is 60.2 Å². The number of carbonyl (C=O) groups is 1. The Morgan fingerprint density at radius 2 is 2.05 bits per heavy atom. The molecule has 1 unspecified atom stereocenters. The summed E-state index contributed by atoms with van der Waals surface area (Å²) in [5.41, 5.74) is -0.468. The Balaban J connectivity index is 2.09. The molecule has 0 aliphatic carbocycles. The minimum Gasteiger partial charge on any atom is -0.444 e. The van der Waals surface area contributed by atoms with E-state index < -0.39 is 5.60 Å². The van der Waals surface area contributed by atoms with E-state index in [0.29, 0.717) is 19.0 Å². The third kappa shape index (κ3) is 3.11. The van der Waals surface area contributed by atoms with Crippen molar-refractivity contribution >= 4 is 6.09 Å². The maximum absolute atomic E-state index is 12.1. The molecule has 1 amide bonds. The van der Waals surface area contributed by atoms with Crippen LogP contribution in [0.5, 0.6) is 0 Å². The number of carbonyl (C=O) groups excluding carboxylic acids is 1. The van der Waals surface area contributed by atoms with Gasteiger partial charge < -0.3 is 9.30 Å². The van der Waals surface area contributed by atoms with Crippen LogP contribution in [0.15, 0.2) is 0 Å². The lowest BCUT2D eigenvalue weighted by Crippen LogP contribution is -2.41. The summed E-state index contributed by atoms with van der Waals surface area (Å²) >= 11 is 0. The minimum absolute atomic E-state index is 0.281. The van der Waals surface area contributed by atoms with E-state index >= 15 is 0 Å². The van der Waals surface area contributed by atoms with Crippen LogP contribution in [0.25, 0.3) is 0 Å². The molecule has 0 saturated carbocycles. The van der Waals surface area contributed by atoms with Gasteiger partial charge >= 0.3 is 6.09 Å². The molecule has 0 radical (unpaired) electrons. The van der Waals surface area contributed by atoms with Crippen molar-refractivity contribution in [1.29, 1.82) is 0 Å². The van der Waals surface area contributed by atoms with Crippen LogP contribution in [0.1, 0.15) is 58.6 Å². The zero-order valence-electron chi connectivity index (χ0n) is 13.0. The molecule has 2 heterocycles. The Labute approximate surface area is 120 Å². The number of rotatable bonds is 2. The maximum Gasteiger partial charge on any atom is 0.410 e. The normalized spacial score (nSPS) is 16.8. The molecule has 0 saturated heterocycles. The highest BCUT2D eigenvalue weighted by Crippen LogP contribution is 2.22. The van der Waals surface area contributed by atoms with Gasteiger partial charge in [0.1, 0.15) is 11.4 Å². The van der Waals surface area contributed by atoms with E-state index in [0.717, 1.165) is 24.6 Å². The van der Waals surface area contributed by atoms with E-state index in [4.69, 9.17) is 4.74 Å². The molecule has 0 bridgehead atoms. The van der Waals surface area contributed by atoms with Gasteiger partial charge in [0.25, 0.3) is 0 Å². The molecule has 6 nitrogen and oxygen atoms in total. The quantitative estimate of drug-likeness (QED) is 0.835. The average molecular weight is 280 g/mol. The fraction of sp³-hybridized carbons (Fsp3) is 0.786. The van der Waals surface area contributed by atoms with Gasteiger partial charge in [0.2, 0.25) is 0 Å². The number of ether oxygens (including phenoxy) is 1. The van der Waals surface area contributed by atoms with Crippen LogP contribution < -0.4 is 0 Å². The molecule has 1 aliphatic heterocycles.